The van der Waals surface area contributed by atoms with Crippen LogP contribution in [-0.4, -0.2) is 30.9 Å². The Morgan fingerprint density at radius 3 is 2.78 bits per heavy atom. The normalized spacial score (nSPS) is 9.67. The molecule has 0 saturated heterocycles. The van der Waals surface area contributed by atoms with Crippen molar-refractivity contribution in [2.75, 3.05) is 25.5 Å². The lowest BCUT2D eigenvalue weighted by atomic mass is 10.1. The molecule has 0 spiro atoms. The fourth-order valence-corrected chi connectivity index (χ4v) is 1.74. The van der Waals surface area contributed by atoms with Gasteiger partial charge in [0.25, 0.3) is 5.91 Å². The van der Waals surface area contributed by atoms with Crippen LogP contribution in [0.4, 0.5) is 5.69 Å². The van der Waals surface area contributed by atoms with Crippen LogP contribution in [0.25, 0.3) is 0 Å². The third kappa shape index (κ3) is 3.49. The molecule has 0 aliphatic rings. The van der Waals surface area contributed by atoms with Crippen molar-refractivity contribution in [3.63, 3.8) is 0 Å². The molecule has 1 aromatic rings. The fourth-order valence-electron chi connectivity index (χ4n) is 1.74. The van der Waals surface area contributed by atoms with Crippen molar-refractivity contribution in [1.29, 1.82) is 5.26 Å². The van der Waals surface area contributed by atoms with E-state index in [9.17, 15) is 4.79 Å². The molecule has 0 unspecified atom stereocenters. The standard InChI is InChI=1S/C14H19N3O/c1-4-16-12-6-7-13(11(2)10-12)14(18)17(3)9-5-8-15/h6-7,10,16H,4-5,9H2,1-3H3. The molecule has 0 radical (unpaired) electrons. The summed E-state index contributed by atoms with van der Waals surface area (Å²) in [5.74, 6) is -0.0363. The van der Waals surface area contributed by atoms with Gasteiger partial charge in [0.15, 0.2) is 0 Å². The van der Waals surface area contributed by atoms with Crippen molar-refractivity contribution in [2.24, 2.45) is 0 Å². The van der Waals surface area contributed by atoms with E-state index < -0.39 is 0 Å². The van der Waals surface area contributed by atoms with E-state index in [0.717, 1.165) is 17.8 Å². The Labute approximate surface area is 108 Å². The van der Waals surface area contributed by atoms with Crippen LogP contribution in [0.3, 0.4) is 0 Å². The molecule has 1 amide bonds. The monoisotopic (exact) mass is 245 g/mol. The second kappa shape index (κ2) is 6.65. The Balaban J connectivity index is 2.83. The summed E-state index contributed by atoms with van der Waals surface area (Å²) < 4.78 is 0. The molecule has 0 aliphatic carbocycles. The third-order valence-electron chi connectivity index (χ3n) is 2.74. The number of nitrogens with zero attached hydrogens (tertiary/aromatic N) is 2. The highest BCUT2D eigenvalue weighted by molar-refractivity contribution is 5.95. The number of hydrogen-bond donors (Lipinski definition) is 1. The molecular weight excluding hydrogens is 226 g/mol. The Bertz CT molecular complexity index is 463. The maximum absolute atomic E-state index is 12.1. The zero-order valence-electron chi connectivity index (χ0n) is 11.2. The van der Waals surface area contributed by atoms with Crippen LogP contribution >= 0.6 is 0 Å². The number of carbonyl (C=O) groups is 1. The number of amides is 1. The molecule has 0 aromatic heterocycles. The van der Waals surface area contributed by atoms with E-state index >= 15 is 0 Å². The summed E-state index contributed by atoms with van der Waals surface area (Å²) in [5.41, 5.74) is 2.66. The van der Waals surface area contributed by atoms with E-state index in [1.807, 2.05) is 38.1 Å². The lowest BCUT2D eigenvalue weighted by Crippen LogP contribution is -2.28. The Morgan fingerprint density at radius 2 is 2.22 bits per heavy atom. The number of aryl methyl sites for hydroxylation is 1. The van der Waals surface area contributed by atoms with E-state index in [0.29, 0.717) is 18.5 Å². The van der Waals surface area contributed by atoms with E-state index in [1.54, 1.807) is 11.9 Å². The molecule has 1 aromatic carbocycles. The van der Waals surface area contributed by atoms with Crippen molar-refractivity contribution < 1.29 is 4.79 Å². The van der Waals surface area contributed by atoms with Crippen molar-refractivity contribution in [3.05, 3.63) is 29.3 Å². The number of nitriles is 1. The average molecular weight is 245 g/mol. The summed E-state index contributed by atoms with van der Waals surface area (Å²) in [6, 6.07) is 7.75. The minimum atomic E-state index is -0.0363. The molecule has 4 nitrogen and oxygen atoms in total. The van der Waals surface area contributed by atoms with Gasteiger partial charge in [0.2, 0.25) is 0 Å². The molecule has 0 saturated carbocycles. The minimum Gasteiger partial charge on any atom is -0.385 e. The second-order valence-corrected chi connectivity index (χ2v) is 4.19. The molecule has 0 atom stereocenters. The van der Waals surface area contributed by atoms with E-state index in [4.69, 9.17) is 5.26 Å². The zero-order chi connectivity index (χ0) is 13.5. The van der Waals surface area contributed by atoms with Crippen LogP contribution in [0.2, 0.25) is 0 Å². The highest BCUT2D eigenvalue weighted by Crippen LogP contribution is 2.16. The van der Waals surface area contributed by atoms with Crippen LogP contribution in [0.1, 0.15) is 29.3 Å². The first kappa shape index (κ1) is 14.0. The first-order valence-electron chi connectivity index (χ1n) is 6.07. The molecule has 4 heteroatoms. The number of hydrogen-bond acceptors (Lipinski definition) is 3. The molecule has 0 heterocycles. The number of anilines is 1. The molecule has 0 bridgehead atoms. The topological polar surface area (TPSA) is 56.1 Å². The predicted molar refractivity (Wildman–Crippen MR) is 72.5 cm³/mol. The first-order valence-corrected chi connectivity index (χ1v) is 6.07. The third-order valence-corrected chi connectivity index (χ3v) is 2.74. The van der Waals surface area contributed by atoms with Gasteiger partial charge in [0.1, 0.15) is 0 Å². The van der Waals surface area contributed by atoms with Gasteiger partial charge in [-0.2, -0.15) is 5.26 Å². The highest BCUT2D eigenvalue weighted by Gasteiger charge is 2.13. The molecule has 0 aliphatic heterocycles. The minimum absolute atomic E-state index is 0.0363. The summed E-state index contributed by atoms with van der Waals surface area (Å²) in [6.45, 7) is 5.27. The maximum atomic E-state index is 12.1. The lowest BCUT2D eigenvalue weighted by molar-refractivity contribution is 0.0797. The summed E-state index contributed by atoms with van der Waals surface area (Å²) in [4.78, 5) is 13.7. The number of nitrogens with one attached hydrogen (secondary N) is 1. The molecule has 96 valence electrons. The van der Waals surface area contributed by atoms with Gasteiger partial charge in [0, 0.05) is 31.4 Å². The van der Waals surface area contributed by atoms with Gasteiger partial charge in [0.05, 0.1) is 12.5 Å². The van der Waals surface area contributed by atoms with E-state index in [-0.39, 0.29) is 5.91 Å². The van der Waals surface area contributed by atoms with Gasteiger partial charge in [-0.15, -0.1) is 0 Å². The van der Waals surface area contributed by atoms with Gasteiger partial charge in [-0.3, -0.25) is 4.79 Å². The maximum Gasteiger partial charge on any atom is 0.253 e. The van der Waals surface area contributed by atoms with Crippen LogP contribution in [0.5, 0.6) is 0 Å². The lowest BCUT2D eigenvalue weighted by Gasteiger charge is -2.17. The molecule has 0 fully saturated rings. The molecule has 1 rings (SSSR count). The van der Waals surface area contributed by atoms with Crippen LogP contribution in [0, 0.1) is 18.3 Å². The van der Waals surface area contributed by atoms with E-state index in [1.165, 1.54) is 0 Å². The molecule has 1 N–H and O–H groups in total. The summed E-state index contributed by atoms with van der Waals surface area (Å²) in [5, 5.41) is 11.7. The molecule has 18 heavy (non-hydrogen) atoms. The Kier molecular flexibility index (Phi) is 5.19. The van der Waals surface area contributed by atoms with Gasteiger partial charge in [-0.1, -0.05) is 0 Å². The largest absolute Gasteiger partial charge is 0.385 e. The quantitative estimate of drug-likeness (QED) is 0.866. The van der Waals surface area contributed by atoms with Crippen molar-refractivity contribution in [3.8, 4) is 6.07 Å². The van der Waals surface area contributed by atoms with Crippen molar-refractivity contribution >= 4 is 11.6 Å². The van der Waals surface area contributed by atoms with Gasteiger partial charge in [-0.05, 0) is 37.6 Å². The SMILES string of the molecule is CCNc1ccc(C(=O)N(C)CCC#N)c(C)c1. The summed E-state index contributed by atoms with van der Waals surface area (Å²) >= 11 is 0. The number of rotatable bonds is 5. The average Bonchev–Trinajstić information content (AvgIpc) is 2.35. The van der Waals surface area contributed by atoms with Crippen molar-refractivity contribution in [1.82, 2.24) is 4.90 Å². The Morgan fingerprint density at radius 1 is 1.50 bits per heavy atom. The fraction of sp³-hybridized carbons (Fsp3) is 0.429. The van der Waals surface area contributed by atoms with Crippen LogP contribution < -0.4 is 5.32 Å². The second-order valence-electron chi connectivity index (χ2n) is 4.19. The van der Waals surface area contributed by atoms with Gasteiger partial charge in [-0.25, -0.2) is 0 Å². The summed E-state index contributed by atoms with van der Waals surface area (Å²) in [6.07, 6.45) is 0.358. The first-order chi connectivity index (χ1) is 8.60. The molecular formula is C14H19N3O. The van der Waals surface area contributed by atoms with Crippen LogP contribution in [-0.2, 0) is 0 Å². The van der Waals surface area contributed by atoms with Crippen molar-refractivity contribution in [2.45, 2.75) is 20.3 Å². The smallest absolute Gasteiger partial charge is 0.253 e. The zero-order valence-corrected chi connectivity index (χ0v) is 11.2. The predicted octanol–water partition coefficient (Wildman–Crippen LogP) is 2.41. The van der Waals surface area contributed by atoms with Gasteiger partial charge < -0.3 is 10.2 Å². The van der Waals surface area contributed by atoms with Gasteiger partial charge >= 0.3 is 0 Å². The van der Waals surface area contributed by atoms with Crippen LogP contribution in [0.15, 0.2) is 18.2 Å². The number of carbonyl (C=O) groups excluding carboxylic acids is 1. The summed E-state index contributed by atoms with van der Waals surface area (Å²) in [7, 11) is 1.72. The Hall–Kier alpha value is -2.02. The highest BCUT2D eigenvalue weighted by atomic mass is 16.2. The van der Waals surface area contributed by atoms with E-state index in [2.05, 4.69) is 5.32 Å². The number of benzene rings is 1.